The summed E-state index contributed by atoms with van der Waals surface area (Å²) in [6.45, 7) is 2.72. The molecule has 0 saturated carbocycles. The van der Waals surface area contributed by atoms with E-state index in [0.29, 0.717) is 5.56 Å². The van der Waals surface area contributed by atoms with E-state index in [1.165, 1.54) is 13.8 Å². The molecular weight excluding hydrogens is 250 g/mol. The van der Waals surface area contributed by atoms with Crippen molar-refractivity contribution in [1.82, 2.24) is 0 Å². The molecule has 1 atom stereocenters. The van der Waals surface area contributed by atoms with Crippen molar-refractivity contribution in [1.29, 1.82) is 0 Å². The zero-order chi connectivity index (χ0) is 13.8. The summed E-state index contributed by atoms with van der Waals surface area (Å²) in [5, 5.41) is 3.64. The fourth-order valence-electron chi connectivity index (χ4n) is 1.77. The van der Waals surface area contributed by atoms with Crippen molar-refractivity contribution >= 4 is 17.8 Å². The van der Waals surface area contributed by atoms with Crippen LogP contribution in [0.25, 0.3) is 0 Å². The first kappa shape index (κ1) is 13.1. The van der Waals surface area contributed by atoms with Crippen LogP contribution in [0, 0.1) is 0 Å². The third-order valence-electron chi connectivity index (χ3n) is 2.47. The molecule has 100 valence electrons. The lowest BCUT2D eigenvalue weighted by molar-refractivity contribution is -0.148. The predicted octanol–water partition coefficient (Wildman–Crippen LogP) is 1.55. The van der Waals surface area contributed by atoms with Gasteiger partial charge in [0, 0.05) is 25.0 Å². The van der Waals surface area contributed by atoms with Gasteiger partial charge in [-0.25, -0.2) is 4.79 Å². The Kier molecular flexibility index (Phi) is 3.79. The van der Waals surface area contributed by atoms with Crippen LogP contribution in [0.2, 0.25) is 0 Å². The van der Waals surface area contributed by atoms with Crippen LogP contribution in [0.1, 0.15) is 31.1 Å². The van der Waals surface area contributed by atoms with Gasteiger partial charge >= 0.3 is 11.9 Å². The van der Waals surface area contributed by atoms with E-state index < -0.39 is 12.1 Å². The largest absolute Gasteiger partial charge is 0.471 e. The van der Waals surface area contributed by atoms with E-state index >= 15 is 0 Å². The molecule has 0 aliphatic carbocycles. The van der Waals surface area contributed by atoms with Crippen LogP contribution in [0.3, 0.4) is 0 Å². The molecule has 0 spiro atoms. The second-order valence-corrected chi connectivity index (χ2v) is 3.98. The molecule has 6 heteroatoms. The first-order valence-corrected chi connectivity index (χ1v) is 5.73. The van der Waals surface area contributed by atoms with Crippen LogP contribution in [0.15, 0.2) is 29.4 Å². The van der Waals surface area contributed by atoms with Crippen LogP contribution < -0.4 is 0 Å². The molecule has 19 heavy (non-hydrogen) atoms. The molecule has 0 amide bonds. The summed E-state index contributed by atoms with van der Waals surface area (Å²) in [4.78, 5) is 26.4. The van der Waals surface area contributed by atoms with Crippen LogP contribution in [0.4, 0.5) is 0 Å². The van der Waals surface area contributed by atoms with Gasteiger partial charge in [0.25, 0.3) is 5.90 Å². The summed E-state index contributed by atoms with van der Waals surface area (Å²) < 4.78 is 10.5. The number of carbonyl (C=O) groups is 2. The van der Waals surface area contributed by atoms with Gasteiger partial charge in [-0.1, -0.05) is 18.2 Å². The topological polar surface area (TPSA) is 74.2 Å². The molecule has 1 unspecified atom stereocenters. The Hall–Kier alpha value is -2.37. The number of ether oxygens (including phenoxy) is 2. The summed E-state index contributed by atoms with van der Waals surface area (Å²) in [5.74, 6) is -0.714. The van der Waals surface area contributed by atoms with Crippen LogP contribution in [-0.2, 0) is 23.9 Å². The highest BCUT2D eigenvalue weighted by atomic mass is 16.7. The number of fused-ring (bicyclic) bond motifs is 1. The van der Waals surface area contributed by atoms with E-state index in [0.717, 1.165) is 5.56 Å². The monoisotopic (exact) mass is 263 g/mol. The van der Waals surface area contributed by atoms with Crippen molar-refractivity contribution in [2.75, 3.05) is 6.61 Å². The fourth-order valence-corrected chi connectivity index (χ4v) is 1.77. The van der Waals surface area contributed by atoms with Crippen molar-refractivity contribution in [3.8, 4) is 0 Å². The average molecular weight is 263 g/mol. The van der Waals surface area contributed by atoms with E-state index in [-0.39, 0.29) is 18.5 Å². The molecule has 2 rings (SSSR count). The fraction of sp³-hybridized carbons (Fsp3) is 0.308. The van der Waals surface area contributed by atoms with E-state index in [1.807, 2.05) is 12.1 Å². The van der Waals surface area contributed by atoms with Crippen molar-refractivity contribution in [3.05, 3.63) is 35.4 Å². The smallest absolute Gasteiger partial charge is 0.332 e. The molecule has 1 aliphatic rings. The highest BCUT2D eigenvalue weighted by Gasteiger charge is 2.28. The summed E-state index contributed by atoms with van der Waals surface area (Å²) in [5.41, 5.74) is 1.41. The molecule has 0 radical (unpaired) electrons. The molecular formula is C13H13NO5. The zero-order valence-electron chi connectivity index (χ0n) is 10.6. The molecule has 1 aromatic carbocycles. The highest BCUT2D eigenvalue weighted by molar-refractivity contribution is 5.96. The quantitative estimate of drug-likeness (QED) is 0.459. The van der Waals surface area contributed by atoms with Gasteiger partial charge in [0.2, 0.25) is 0 Å². The van der Waals surface area contributed by atoms with Gasteiger partial charge in [0.1, 0.15) is 6.61 Å². The summed E-state index contributed by atoms with van der Waals surface area (Å²) >= 11 is 0. The average Bonchev–Trinajstić information content (AvgIpc) is 2.37. The van der Waals surface area contributed by atoms with E-state index in [2.05, 4.69) is 9.99 Å². The highest BCUT2D eigenvalue weighted by Crippen LogP contribution is 2.28. The molecule has 0 fully saturated rings. The van der Waals surface area contributed by atoms with Gasteiger partial charge < -0.3 is 14.3 Å². The predicted molar refractivity (Wildman–Crippen MR) is 65.2 cm³/mol. The number of esters is 1. The van der Waals surface area contributed by atoms with Gasteiger partial charge in [-0.3, -0.25) is 4.79 Å². The van der Waals surface area contributed by atoms with Gasteiger partial charge in [-0.05, 0) is 11.2 Å². The zero-order valence-corrected chi connectivity index (χ0v) is 10.6. The number of nitrogens with zero attached hydrogens (tertiary/aromatic N) is 1. The lowest BCUT2D eigenvalue weighted by Crippen LogP contribution is -2.26. The number of hydrogen-bond acceptors (Lipinski definition) is 6. The van der Waals surface area contributed by atoms with Crippen molar-refractivity contribution in [2.24, 2.45) is 5.16 Å². The normalized spacial score (nSPS) is 19.3. The maximum atomic E-state index is 11.0. The third kappa shape index (κ3) is 3.09. The first-order chi connectivity index (χ1) is 9.08. The van der Waals surface area contributed by atoms with Crippen molar-refractivity contribution in [2.45, 2.75) is 20.0 Å². The molecule has 0 N–H and O–H groups in total. The van der Waals surface area contributed by atoms with Crippen molar-refractivity contribution in [3.63, 3.8) is 0 Å². The standard InChI is InChI=1S/C13H13NO5/c1-8(15)18-12-7-17-13(14-19-9(2)16)11-6-4-3-5-10(11)12/h3-6,12H,7H2,1-2H3/b14-13+. The number of hydrogen-bond donors (Lipinski definition) is 0. The second kappa shape index (κ2) is 5.51. The molecule has 6 nitrogen and oxygen atoms in total. The maximum Gasteiger partial charge on any atom is 0.332 e. The van der Waals surface area contributed by atoms with E-state index in [9.17, 15) is 9.59 Å². The minimum Gasteiger partial charge on any atom is -0.471 e. The van der Waals surface area contributed by atoms with Crippen LogP contribution in [0.5, 0.6) is 0 Å². The minimum absolute atomic E-state index is 0.136. The van der Waals surface area contributed by atoms with Gasteiger partial charge in [0.05, 0.1) is 0 Å². The lowest BCUT2D eigenvalue weighted by atomic mass is 10.0. The Morgan fingerprint density at radius 2 is 2.00 bits per heavy atom. The summed E-state index contributed by atoms with van der Waals surface area (Å²) in [6, 6.07) is 7.19. The molecule has 1 heterocycles. The SMILES string of the molecule is CC(=O)O/N=C1/OCC(OC(C)=O)c2ccccc21. The lowest BCUT2D eigenvalue weighted by Gasteiger charge is -2.25. The minimum atomic E-state index is -0.532. The first-order valence-electron chi connectivity index (χ1n) is 5.73. The van der Waals surface area contributed by atoms with Gasteiger partial charge in [-0.15, -0.1) is 0 Å². The molecule has 1 aromatic rings. The van der Waals surface area contributed by atoms with Gasteiger partial charge in [0.15, 0.2) is 6.10 Å². The maximum absolute atomic E-state index is 11.0. The molecule has 0 bridgehead atoms. The molecule has 1 aliphatic heterocycles. The second-order valence-electron chi connectivity index (χ2n) is 3.98. The summed E-state index contributed by atoms with van der Waals surface area (Å²) in [6.07, 6.45) is -0.482. The van der Waals surface area contributed by atoms with Crippen LogP contribution in [-0.4, -0.2) is 24.4 Å². The molecule has 0 saturated heterocycles. The third-order valence-corrected chi connectivity index (χ3v) is 2.47. The van der Waals surface area contributed by atoms with E-state index in [1.54, 1.807) is 12.1 Å². The Labute approximate surface area is 109 Å². The molecule has 0 aromatic heterocycles. The van der Waals surface area contributed by atoms with Crippen LogP contribution >= 0.6 is 0 Å². The summed E-state index contributed by atoms with van der Waals surface area (Å²) in [7, 11) is 0. The Bertz CT molecular complexity index is 538. The Balaban J connectivity index is 2.31. The number of rotatable bonds is 2. The van der Waals surface area contributed by atoms with Gasteiger partial charge in [-0.2, -0.15) is 0 Å². The Morgan fingerprint density at radius 1 is 1.26 bits per heavy atom. The van der Waals surface area contributed by atoms with E-state index in [4.69, 9.17) is 9.47 Å². The van der Waals surface area contributed by atoms with Crippen molar-refractivity contribution < 1.29 is 23.9 Å². The number of benzene rings is 1. The number of carbonyl (C=O) groups excluding carboxylic acids is 2. The Morgan fingerprint density at radius 3 is 2.68 bits per heavy atom. The number of oxime groups is 1.